The Hall–Kier alpha value is -2.57. The summed E-state index contributed by atoms with van der Waals surface area (Å²) in [7, 11) is 0. The van der Waals surface area contributed by atoms with E-state index in [1.807, 2.05) is 25.1 Å². The van der Waals surface area contributed by atoms with Crippen molar-refractivity contribution in [3.63, 3.8) is 0 Å². The summed E-state index contributed by atoms with van der Waals surface area (Å²) in [5.74, 6) is 0.203. The van der Waals surface area contributed by atoms with E-state index < -0.39 is 0 Å². The molecule has 2 aromatic rings. The first-order valence-electron chi connectivity index (χ1n) is 10.9. The predicted octanol–water partition coefficient (Wildman–Crippen LogP) is 4.40. The van der Waals surface area contributed by atoms with E-state index >= 15 is 0 Å². The van der Waals surface area contributed by atoms with E-state index in [4.69, 9.17) is 22.1 Å². The fourth-order valence-corrected chi connectivity index (χ4v) is 5.01. The van der Waals surface area contributed by atoms with E-state index in [1.165, 1.54) is 6.08 Å². The third-order valence-corrected chi connectivity index (χ3v) is 6.73. The predicted molar refractivity (Wildman–Crippen MR) is 129 cm³/mol. The molecule has 7 heteroatoms. The number of halogens is 1. The minimum Gasteiger partial charge on any atom is -0.402 e. The highest BCUT2D eigenvalue weighted by molar-refractivity contribution is 6.32. The van der Waals surface area contributed by atoms with Crippen molar-refractivity contribution in [2.75, 3.05) is 19.8 Å². The van der Waals surface area contributed by atoms with Gasteiger partial charge in [0, 0.05) is 53.2 Å². The van der Waals surface area contributed by atoms with Crippen LogP contribution in [0.1, 0.15) is 49.7 Å². The number of benzene rings is 1. The Morgan fingerprint density at radius 2 is 1.97 bits per heavy atom. The Balaban J connectivity index is 1.99. The molecule has 1 amide bonds. The molecule has 0 radical (unpaired) electrons. The number of hydrogen-bond acceptors (Lipinski definition) is 4. The van der Waals surface area contributed by atoms with E-state index in [1.54, 1.807) is 6.92 Å². The summed E-state index contributed by atoms with van der Waals surface area (Å²) in [6.45, 7) is 9.68. The Kier molecular flexibility index (Phi) is 7.47. The Morgan fingerprint density at radius 3 is 2.59 bits per heavy atom. The van der Waals surface area contributed by atoms with Crippen molar-refractivity contribution < 1.29 is 14.3 Å². The highest BCUT2D eigenvalue weighted by Crippen LogP contribution is 2.39. The lowest BCUT2D eigenvalue weighted by Crippen LogP contribution is -2.39. The summed E-state index contributed by atoms with van der Waals surface area (Å²) >= 11 is 6.17. The van der Waals surface area contributed by atoms with Gasteiger partial charge in [0.2, 0.25) is 0 Å². The molecule has 172 valence electrons. The van der Waals surface area contributed by atoms with E-state index in [-0.39, 0.29) is 28.6 Å². The van der Waals surface area contributed by atoms with Gasteiger partial charge in [0.05, 0.1) is 10.6 Å². The number of para-hydroxylation sites is 1. The molecule has 3 rings (SSSR count). The van der Waals surface area contributed by atoms with E-state index in [2.05, 4.69) is 29.8 Å². The van der Waals surface area contributed by atoms with E-state index in [9.17, 15) is 9.59 Å². The number of aldehydes is 1. The van der Waals surface area contributed by atoms with Crippen molar-refractivity contribution in [2.45, 2.75) is 46.1 Å². The van der Waals surface area contributed by atoms with Crippen molar-refractivity contribution in [2.24, 2.45) is 11.7 Å². The molecule has 0 atom stereocenters. The number of fused-ring (bicyclic) bond motifs is 1. The standard InChI is InChI=1S/C25H32ClN3O3/c1-16(27)13-21(26)18(15-30)14-28-24(31)23-17(2)29(22-8-6-5-7-20(22)23)25(3,4)19-9-11-32-12-10-19/h5-8,13,15,19H,9-12,14,27H2,1-4H3,(H,28,31)/b16-13-,21-18+. The van der Waals surface area contributed by atoms with Crippen LogP contribution in [0.5, 0.6) is 0 Å². The van der Waals surface area contributed by atoms with Crippen LogP contribution in [0.3, 0.4) is 0 Å². The molecule has 32 heavy (non-hydrogen) atoms. The summed E-state index contributed by atoms with van der Waals surface area (Å²) in [5.41, 5.74) is 8.76. The first-order valence-corrected chi connectivity index (χ1v) is 11.3. The smallest absolute Gasteiger partial charge is 0.254 e. The van der Waals surface area contributed by atoms with Gasteiger partial charge in [-0.15, -0.1) is 0 Å². The molecule has 0 aliphatic carbocycles. The fraction of sp³-hybridized carbons (Fsp3) is 0.440. The van der Waals surface area contributed by atoms with Crippen LogP contribution in [-0.4, -0.2) is 36.5 Å². The summed E-state index contributed by atoms with van der Waals surface area (Å²) < 4.78 is 7.86. The van der Waals surface area contributed by atoms with Crippen molar-refractivity contribution in [1.82, 2.24) is 9.88 Å². The lowest BCUT2D eigenvalue weighted by molar-refractivity contribution is -0.104. The molecule has 0 spiro atoms. The lowest BCUT2D eigenvalue weighted by atomic mass is 9.81. The van der Waals surface area contributed by atoms with Crippen molar-refractivity contribution >= 4 is 34.7 Å². The van der Waals surface area contributed by atoms with Crippen molar-refractivity contribution in [3.05, 3.63) is 57.9 Å². The Bertz CT molecular complexity index is 1070. The molecule has 1 aromatic heterocycles. The number of ether oxygens (including phenoxy) is 1. The highest BCUT2D eigenvalue weighted by atomic mass is 35.5. The number of nitrogens with two attached hydrogens (primary N) is 1. The van der Waals surface area contributed by atoms with Crippen molar-refractivity contribution in [1.29, 1.82) is 0 Å². The van der Waals surface area contributed by atoms with Gasteiger partial charge < -0.3 is 20.4 Å². The molecule has 3 N–H and O–H groups in total. The zero-order valence-corrected chi connectivity index (χ0v) is 20.0. The molecule has 0 bridgehead atoms. The van der Waals surface area contributed by atoms with Crippen LogP contribution in [0, 0.1) is 12.8 Å². The quantitative estimate of drug-likeness (QED) is 0.366. The van der Waals surface area contributed by atoms with Gasteiger partial charge in [0.25, 0.3) is 5.91 Å². The Morgan fingerprint density at radius 1 is 1.31 bits per heavy atom. The second kappa shape index (κ2) is 9.92. The second-order valence-electron chi connectivity index (χ2n) is 8.92. The topological polar surface area (TPSA) is 86.4 Å². The number of allylic oxidation sites excluding steroid dienone is 3. The van der Waals surface area contributed by atoms with E-state index in [0.29, 0.717) is 23.5 Å². The number of nitrogens with zero attached hydrogens (tertiary/aromatic N) is 1. The third-order valence-electron chi connectivity index (χ3n) is 6.38. The maximum atomic E-state index is 13.3. The molecule has 6 nitrogen and oxygen atoms in total. The molecule has 1 fully saturated rings. The molecule has 1 aromatic carbocycles. The number of amides is 1. The first kappa shape index (κ1) is 24.1. The number of rotatable bonds is 7. The normalized spacial score (nSPS) is 16.7. The van der Waals surface area contributed by atoms with Gasteiger partial charge in [-0.2, -0.15) is 0 Å². The molecular weight excluding hydrogens is 426 g/mol. The fourth-order valence-electron chi connectivity index (χ4n) is 4.72. The van der Waals surface area contributed by atoms with Gasteiger partial charge in [-0.3, -0.25) is 9.59 Å². The maximum Gasteiger partial charge on any atom is 0.254 e. The lowest BCUT2D eigenvalue weighted by Gasteiger charge is -2.40. The van der Waals surface area contributed by atoms with Gasteiger partial charge in [0.1, 0.15) is 6.29 Å². The van der Waals surface area contributed by atoms with Crippen LogP contribution in [-0.2, 0) is 15.1 Å². The minimum atomic E-state index is -0.238. The summed E-state index contributed by atoms with van der Waals surface area (Å²) in [6, 6.07) is 7.96. The SMILES string of the molecule is C/C(N)=C/C(Cl)=C(\C=O)CNC(=O)c1c(C)n(C(C)(C)C2CCOCC2)c2ccccc12. The van der Waals surface area contributed by atoms with Crippen LogP contribution in [0.25, 0.3) is 10.9 Å². The first-order chi connectivity index (χ1) is 15.2. The van der Waals surface area contributed by atoms with Crippen LogP contribution >= 0.6 is 11.6 Å². The average Bonchev–Trinajstić information content (AvgIpc) is 3.06. The highest BCUT2D eigenvalue weighted by Gasteiger charge is 2.36. The van der Waals surface area contributed by atoms with E-state index in [0.717, 1.165) is 42.7 Å². The monoisotopic (exact) mass is 457 g/mol. The van der Waals surface area contributed by atoms with Gasteiger partial charge in [0.15, 0.2) is 0 Å². The molecule has 1 saturated heterocycles. The van der Waals surface area contributed by atoms with Crippen LogP contribution in [0.4, 0.5) is 0 Å². The minimum absolute atomic E-state index is 0.0211. The van der Waals surface area contributed by atoms with Crippen LogP contribution in [0.15, 0.2) is 46.6 Å². The number of aromatic nitrogens is 1. The van der Waals surface area contributed by atoms with Crippen molar-refractivity contribution in [3.8, 4) is 0 Å². The third kappa shape index (κ3) is 4.76. The molecule has 1 aliphatic rings. The summed E-state index contributed by atoms with van der Waals surface area (Å²) in [4.78, 5) is 24.8. The zero-order valence-electron chi connectivity index (χ0n) is 19.2. The molecule has 0 unspecified atom stereocenters. The van der Waals surface area contributed by atoms with Crippen LogP contribution in [0.2, 0.25) is 0 Å². The number of carbonyl (C=O) groups excluding carboxylic acids is 2. The molecular formula is C25H32ClN3O3. The van der Waals surface area contributed by atoms with Gasteiger partial charge in [-0.1, -0.05) is 29.8 Å². The number of nitrogens with one attached hydrogen (secondary N) is 1. The van der Waals surface area contributed by atoms with Gasteiger partial charge in [-0.05, 0) is 58.6 Å². The van der Waals surface area contributed by atoms with Crippen LogP contribution < -0.4 is 11.1 Å². The summed E-state index contributed by atoms with van der Waals surface area (Å²) in [5, 5.41) is 3.98. The average molecular weight is 458 g/mol. The largest absolute Gasteiger partial charge is 0.402 e. The van der Waals surface area contributed by atoms with Gasteiger partial charge in [-0.25, -0.2) is 0 Å². The molecule has 2 heterocycles. The molecule has 1 aliphatic heterocycles. The summed E-state index contributed by atoms with van der Waals surface area (Å²) in [6.07, 6.45) is 4.12. The zero-order chi connectivity index (χ0) is 23.5. The number of hydrogen-bond donors (Lipinski definition) is 2. The second-order valence-corrected chi connectivity index (χ2v) is 9.32. The van der Waals surface area contributed by atoms with Gasteiger partial charge >= 0.3 is 0 Å². The molecule has 0 saturated carbocycles. The number of carbonyl (C=O) groups is 2. The Labute approximate surface area is 194 Å². The maximum absolute atomic E-state index is 13.3.